The number of morpholine rings is 1. The van der Waals surface area contributed by atoms with Crippen LogP contribution in [0.4, 0.5) is 0 Å². The van der Waals surface area contributed by atoms with Crippen molar-refractivity contribution in [2.24, 2.45) is 0 Å². The average Bonchev–Trinajstić information content (AvgIpc) is 2.91. The minimum Gasteiger partial charge on any atom is -0.379 e. The van der Waals surface area contributed by atoms with E-state index in [0.717, 1.165) is 71.7 Å². The van der Waals surface area contributed by atoms with Crippen molar-refractivity contribution >= 4 is 0 Å². The highest BCUT2D eigenvalue weighted by Crippen LogP contribution is 2.35. The summed E-state index contributed by atoms with van der Waals surface area (Å²) in [4.78, 5) is 2.49. The predicted octanol–water partition coefficient (Wildman–Crippen LogP) is 0.982. The third-order valence-electron chi connectivity index (χ3n) is 4.72. The summed E-state index contributed by atoms with van der Waals surface area (Å²) in [5.41, 5.74) is 0. The van der Waals surface area contributed by atoms with Gasteiger partial charge >= 0.3 is 0 Å². The van der Waals surface area contributed by atoms with Gasteiger partial charge in [0, 0.05) is 44.6 Å². The Morgan fingerprint density at radius 2 is 1.75 bits per heavy atom. The molecule has 3 aliphatic rings. The molecule has 1 unspecified atom stereocenters. The van der Waals surface area contributed by atoms with Crippen LogP contribution in [0.3, 0.4) is 0 Å². The lowest BCUT2D eigenvalue weighted by atomic mass is 9.89. The Bertz CT molecular complexity index is 291. The van der Waals surface area contributed by atoms with Crippen LogP contribution >= 0.6 is 0 Å². The van der Waals surface area contributed by atoms with Crippen molar-refractivity contribution in [1.82, 2.24) is 10.2 Å². The minimum atomic E-state index is -0.231. The van der Waals surface area contributed by atoms with Crippen LogP contribution in [0.1, 0.15) is 32.6 Å². The molecule has 20 heavy (non-hydrogen) atoms. The number of hydrogen-bond donors (Lipinski definition) is 1. The van der Waals surface area contributed by atoms with Crippen LogP contribution < -0.4 is 5.32 Å². The highest BCUT2D eigenvalue weighted by atomic mass is 16.7. The van der Waals surface area contributed by atoms with E-state index in [9.17, 15) is 0 Å². The lowest BCUT2D eigenvalue weighted by Gasteiger charge is -2.37. The SMILES string of the molecule is CC(CN1CCOCC1)NC1CCC2(CC1)OCCO2. The van der Waals surface area contributed by atoms with Crippen LogP contribution in [0, 0.1) is 0 Å². The molecule has 2 saturated heterocycles. The van der Waals surface area contributed by atoms with Gasteiger partial charge in [0.25, 0.3) is 0 Å². The van der Waals surface area contributed by atoms with Crippen molar-refractivity contribution in [3.05, 3.63) is 0 Å². The fraction of sp³-hybridized carbons (Fsp3) is 1.00. The van der Waals surface area contributed by atoms with Crippen molar-refractivity contribution in [1.29, 1.82) is 0 Å². The van der Waals surface area contributed by atoms with Gasteiger partial charge in [0.15, 0.2) is 5.79 Å². The molecule has 5 heteroatoms. The summed E-state index contributed by atoms with van der Waals surface area (Å²) in [5.74, 6) is -0.231. The summed E-state index contributed by atoms with van der Waals surface area (Å²) in [6.07, 6.45) is 4.39. The molecule has 0 radical (unpaired) electrons. The number of rotatable bonds is 4. The van der Waals surface area contributed by atoms with Crippen LogP contribution in [0.25, 0.3) is 0 Å². The monoisotopic (exact) mass is 284 g/mol. The highest BCUT2D eigenvalue weighted by molar-refractivity contribution is 4.87. The molecule has 5 nitrogen and oxygen atoms in total. The number of ether oxygens (including phenoxy) is 3. The molecule has 0 bridgehead atoms. The van der Waals surface area contributed by atoms with Crippen LogP contribution in [-0.2, 0) is 14.2 Å². The Labute approximate surface area is 121 Å². The lowest BCUT2D eigenvalue weighted by molar-refractivity contribution is -0.179. The maximum Gasteiger partial charge on any atom is 0.168 e. The molecular formula is C15H28N2O3. The van der Waals surface area contributed by atoms with Gasteiger partial charge < -0.3 is 19.5 Å². The van der Waals surface area contributed by atoms with Crippen molar-refractivity contribution in [3.63, 3.8) is 0 Å². The first kappa shape index (κ1) is 14.7. The Balaban J connectivity index is 1.38. The van der Waals surface area contributed by atoms with Crippen LogP contribution in [0.2, 0.25) is 0 Å². The molecule has 2 aliphatic heterocycles. The molecule has 0 aromatic carbocycles. The first-order chi connectivity index (χ1) is 9.76. The van der Waals surface area contributed by atoms with Crippen molar-refractivity contribution < 1.29 is 14.2 Å². The third kappa shape index (κ3) is 3.71. The van der Waals surface area contributed by atoms with Gasteiger partial charge in [0.05, 0.1) is 26.4 Å². The van der Waals surface area contributed by atoms with E-state index in [-0.39, 0.29) is 5.79 Å². The number of nitrogens with zero attached hydrogens (tertiary/aromatic N) is 1. The Morgan fingerprint density at radius 1 is 1.10 bits per heavy atom. The molecule has 0 aromatic rings. The van der Waals surface area contributed by atoms with Crippen LogP contribution in [0.15, 0.2) is 0 Å². The summed E-state index contributed by atoms with van der Waals surface area (Å²) >= 11 is 0. The molecular weight excluding hydrogens is 256 g/mol. The van der Waals surface area contributed by atoms with Crippen molar-refractivity contribution in [2.45, 2.75) is 50.5 Å². The normalized spacial score (nSPS) is 29.9. The van der Waals surface area contributed by atoms with E-state index >= 15 is 0 Å². The van der Waals surface area contributed by atoms with Gasteiger partial charge in [-0.25, -0.2) is 0 Å². The summed E-state index contributed by atoms with van der Waals surface area (Å²) < 4.78 is 17.0. The zero-order valence-corrected chi connectivity index (χ0v) is 12.6. The van der Waals surface area contributed by atoms with E-state index in [0.29, 0.717) is 12.1 Å². The molecule has 0 amide bonds. The second-order valence-corrected chi connectivity index (χ2v) is 6.36. The Kier molecular flexibility index (Phi) is 4.94. The molecule has 3 fully saturated rings. The van der Waals surface area contributed by atoms with E-state index < -0.39 is 0 Å². The second kappa shape index (κ2) is 6.71. The Morgan fingerprint density at radius 3 is 2.40 bits per heavy atom. The summed E-state index contributed by atoms with van der Waals surface area (Å²) in [6.45, 7) is 8.86. The van der Waals surface area contributed by atoms with E-state index in [1.54, 1.807) is 0 Å². The standard InChI is InChI=1S/C15H28N2O3/c1-13(12-17-6-8-18-9-7-17)16-14-2-4-15(5-3-14)19-10-11-20-15/h13-14,16H,2-12H2,1H3. The molecule has 1 N–H and O–H groups in total. The third-order valence-corrected chi connectivity index (χ3v) is 4.72. The lowest BCUT2D eigenvalue weighted by Crippen LogP contribution is -2.49. The zero-order valence-electron chi connectivity index (χ0n) is 12.6. The molecule has 1 atom stereocenters. The van der Waals surface area contributed by atoms with Crippen molar-refractivity contribution in [2.75, 3.05) is 46.1 Å². The predicted molar refractivity (Wildman–Crippen MR) is 76.7 cm³/mol. The smallest absolute Gasteiger partial charge is 0.168 e. The highest BCUT2D eigenvalue weighted by Gasteiger charge is 2.40. The zero-order chi connectivity index (χ0) is 13.8. The molecule has 0 aromatic heterocycles. The summed E-state index contributed by atoms with van der Waals surface area (Å²) in [5, 5.41) is 3.78. The first-order valence-electron chi connectivity index (χ1n) is 8.10. The fourth-order valence-corrected chi connectivity index (χ4v) is 3.64. The molecule has 116 valence electrons. The van der Waals surface area contributed by atoms with Crippen molar-refractivity contribution in [3.8, 4) is 0 Å². The van der Waals surface area contributed by atoms with E-state index in [1.165, 1.54) is 0 Å². The topological polar surface area (TPSA) is 43.0 Å². The summed E-state index contributed by atoms with van der Waals surface area (Å²) in [6, 6.07) is 1.15. The van der Waals surface area contributed by atoms with E-state index in [2.05, 4.69) is 17.1 Å². The maximum absolute atomic E-state index is 5.78. The van der Waals surface area contributed by atoms with E-state index in [4.69, 9.17) is 14.2 Å². The van der Waals surface area contributed by atoms with Gasteiger partial charge in [-0.2, -0.15) is 0 Å². The van der Waals surface area contributed by atoms with Gasteiger partial charge in [-0.15, -0.1) is 0 Å². The molecule has 1 aliphatic carbocycles. The van der Waals surface area contributed by atoms with Gasteiger partial charge in [0.2, 0.25) is 0 Å². The molecule has 1 saturated carbocycles. The van der Waals surface area contributed by atoms with Crippen LogP contribution in [-0.4, -0.2) is 68.8 Å². The number of nitrogens with one attached hydrogen (secondary N) is 1. The van der Waals surface area contributed by atoms with E-state index in [1.807, 2.05) is 0 Å². The quantitative estimate of drug-likeness (QED) is 0.834. The summed E-state index contributed by atoms with van der Waals surface area (Å²) in [7, 11) is 0. The van der Waals surface area contributed by atoms with Gasteiger partial charge in [-0.1, -0.05) is 0 Å². The molecule has 3 rings (SSSR count). The minimum absolute atomic E-state index is 0.231. The number of hydrogen-bond acceptors (Lipinski definition) is 5. The maximum atomic E-state index is 5.78. The Hall–Kier alpha value is -0.200. The fourth-order valence-electron chi connectivity index (χ4n) is 3.64. The largest absolute Gasteiger partial charge is 0.379 e. The first-order valence-corrected chi connectivity index (χ1v) is 8.10. The van der Waals surface area contributed by atoms with Crippen LogP contribution in [0.5, 0.6) is 0 Å². The molecule has 2 heterocycles. The van der Waals surface area contributed by atoms with Gasteiger partial charge in [-0.05, 0) is 19.8 Å². The van der Waals surface area contributed by atoms with Gasteiger partial charge in [-0.3, -0.25) is 4.90 Å². The second-order valence-electron chi connectivity index (χ2n) is 6.36. The molecule has 1 spiro atoms. The average molecular weight is 284 g/mol. The van der Waals surface area contributed by atoms with Gasteiger partial charge in [0.1, 0.15) is 0 Å².